The van der Waals surface area contributed by atoms with Crippen molar-refractivity contribution in [2.45, 2.75) is 13.5 Å². The number of halogens is 1. The summed E-state index contributed by atoms with van der Waals surface area (Å²) in [6, 6.07) is 9.66. The van der Waals surface area contributed by atoms with E-state index in [4.69, 9.17) is 4.42 Å². The molecule has 0 fully saturated rings. The van der Waals surface area contributed by atoms with Gasteiger partial charge in [-0.3, -0.25) is 4.68 Å². The predicted octanol–water partition coefficient (Wildman–Crippen LogP) is 3.38. The fraction of sp³-hybridized carbons (Fsp3) is 0.154. The Hall–Kier alpha value is -1.95. The molecule has 0 saturated carbocycles. The summed E-state index contributed by atoms with van der Waals surface area (Å²) in [4.78, 5) is 0. The quantitative estimate of drug-likeness (QED) is 0.742. The second-order valence-electron chi connectivity index (χ2n) is 3.96. The minimum atomic E-state index is 0.415. The smallest absolute Gasteiger partial charge is 0.269 e. The third-order valence-electron chi connectivity index (χ3n) is 2.69. The van der Waals surface area contributed by atoms with E-state index in [1.165, 1.54) is 0 Å². The van der Waals surface area contributed by atoms with E-state index in [2.05, 4.69) is 31.2 Å². The van der Waals surface area contributed by atoms with Gasteiger partial charge in [0.25, 0.3) is 5.89 Å². The minimum Gasteiger partial charge on any atom is -0.414 e. The molecule has 0 aliphatic carbocycles. The first-order chi connectivity index (χ1) is 9.28. The van der Waals surface area contributed by atoms with Crippen molar-refractivity contribution in [3.05, 3.63) is 41.0 Å². The molecule has 5 nitrogen and oxygen atoms in total. The summed E-state index contributed by atoms with van der Waals surface area (Å²) in [7, 11) is 0. The molecule has 3 aromatic rings. The SMILES string of the molecule is CCn1cc(Br)c(-c2nnc(-c3ccccc3)o2)n1. The number of hydrogen-bond donors (Lipinski definition) is 0. The molecule has 3 rings (SSSR count). The molecule has 0 radical (unpaired) electrons. The van der Waals surface area contributed by atoms with Crippen LogP contribution in [0.1, 0.15) is 6.92 Å². The zero-order valence-electron chi connectivity index (χ0n) is 10.2. The van der Waals surface area contributed by atoms with E-state index < -0.39 is 0 Å². The van der Waals surface area contributed by atoms with Gasteiger partial charge in [0.1, 0.15) is 0 Å². The van der Waals surface area contributed by atoms with Gasteiger partial charge in [0.05, 0.1) is 4.47 Å². The van der Waals surface area contributed by atoms with Gasteiger partial charge in [0.15, 0.2) is 5.69 Å². The van der Waals surface area contributed by atoms with Crippen LogP contribution in [0.5, 0.6) is 0 Å². The van der Waals surface area contributed by atoms with Gasteiger partial charge < -0.3 is 4.42 Å². The second-order valence-corrected chi connectivity index (χ2v) is 4.81. The highest BCUT2D eigenvalue weighted by Gasteiger charge is 2.16. The van der Waals surface area contributed by atoms with Crippen molar-refractivity contribution in [1.29, 1.82) is 0 Å². The number of benzene rings is 1. The van der Waals surface area contributed by atoms with Crippen molar-refractivity contribution >= 4 is 15.9 Å². The lowest BCUT2D eigenvalue weighted by Gasteiger charge is -1.92. The van der Waals surface area contributed by atoms with E-state index >= 15 is 0 Å². The first kappa shape index (κ1) is 12.1. The Kier molecular flexibility index (Phi) is 3.16. The van der Waals surface area contributed by atoms with Crippen molar-refractivity contribution in [2.24, 2.45) is 0 Å². The van der Waals surface area contributed by atoms with E-state index in [-0.39, 0.29) is 0 Å². The van der Waals surface area contributed by atoms with Crippen LogP contribution in [0, 0.1) is 0 Å². The van der Waals surface area contributed by atoms with E-state index in [0.29, 0.717) is 17.5 Å². The van der Waals surface area contributed by atoms with Gasteiger partial charge in [0.2, 0.25) is 5.89 Å². The Bertz CT molecular complexity index is 690. The van der Waals surface area contributed by atoms with Crippen molar-refractivity contribution in [1.82, 2.24) is 20.0 Å². The molecule has 2 aromatic heterocycles. The molecule has 0 spiro atoms. The monoisotopic (exact) mass is 318 g/mol. The molecule has 6 heteroatoms. The molecule has 1 aromatic carbocycles. The predicted molar refractivity (Wildman–Crippen MR) is 74.3 cm³/mol. The van der Waals surface area contributed by atoms with Gasteiger partial charge in [-0.25, -0.2) is 0 Å². The number of aryl methyl sites for hydroxylation is 1. The number of hydrogen-bond acceptors (Lipinski definition) is 4. The van der Waals surface area contributed by atoms with Crippen LogP contribution >= 0.6 is 15.9 Å². The highest BCUT2D eigenvalue weighted by Crippen LogP contribution is 2.28. The second kappa shape index (κ2) is 4.97. The Balaban J connectivity index is 1.99. The highest BCUT2D eigenvalue weighted by atomic mass is 79.9. The largest absolute Gasteiger partial charge is 0.414 e. The molecule has 0 aliphatic heterocycles. The number of nitrogens with zero attached hydrogens (tertiary/aromatic N) is 4. The minimum absolute atomic E-state index is 0.415. The van der Waals surface area contributed by atoms with Crippen LogP contribution < -0.4 is 0 Å². The van der Waals surface area contributed by atoms with Gasteiger partial charge in [-0.1, -0.05) is 18.2 Å². The van der Waals surface area contributed by atoms with Gasteiger partial charge in [-0.2, -0.15) is 5.10 Å². The van der Waals surface area contributed by atoms with Crippen LogP contribution in [-0.4, -0.2) is 20.0 Å². The van der Waals surface area contributed by atoms with Gasteiger partial charge >= 0.3 is 0 Å². The fourth-order valence-corrected chi connectivity index (χ4v) is 2.21. The van der Waals surface area contributed by atoms with Crippen molar-refractivity contribution < 1.29 is 4.42 Å². The molecule has 0 bridgehead atoms. The molecular formula is C13H11BrN4O. The molecule has 0 atom stereocenters. The summed E-state index contributed by atoms with van der Waals surface area (Å²) in [6.07, 6.45) is 1.89. The van der Waals surface area contributed by atoms with Crippen LogP contribution in [0.15, 0.2) is 45.4 Å². The maximum atomic E-state index is 5.67. The van der Waals surface area contributed by atoms with Crippen LogP contribution in [-0.2, 0) is 6.54 Å². The molecule has 2 heterocycles. The maximum Gasteiger partial charge on any atom is 0.269 e. The molecule has 0 N–H and O–H groups in total. The summed E-state index contributed by atoms with van der Waals surface area (Å²) in [5, 5.41) is 12.5. The Morgan fingerprint density at radius 3 is 2.58 bits per heavy atom. The highest BCUT2D eigenvalue weighted by molar-refractivity contribution is 9.10. The molecule has 0 unspecified atom stereocenters. The van der Waals surface area contributed by atoms with Gasteiger partial charge in [-0.15, -0.1) is 10.2 Å². The van der Waals surface area contributed by atoms with E-state index in [0.717, 1.165) is 16.6 Å². The average Bonchev–Trinajstić information content (AvgIpc) is 3.06. The lowest BCUT2D eigenvalue weighted by Crippen LogP contribution is -1.93. The molecular weight excluding hydrogens is 308 g/mol. The third kappa shape index (κ3) is 2.31. The summed E-state index contributed by atoms with van der Waals surface area (Å²) in [5.41, 5.74) is 1.56. The van der Waals surface area contributed by atoms with E-state index in [9.17, 15) is 0 Å². The van der Waals surface area contributed by atoms with Crippen LogP contribution in [0.25, 0.3) is 23.0 Å². The Morgan fingerprint density at radius 2 is 1.89 bits per heavy atom. The third-order valence-corrected chi connectivity index (χ3v) is 3.27. The lowest BCUT2D eigenvalue weighted by molar-refractivity contribution is 0.576. The number of aromatic nitrogens is 4. The first-order valence-electron chi connectivity index (χ1n) is 5.90. The first-order valence-corrected chi connectivity index (χ1v) is 6.69. The van der Waals surface area contributed by atoms with Crippen LogP contribution in [0.3, 0.4) is 0 Å². The normalized spacial score (nSPS) is 10.8. The van der Waals surface area contributed by atoms with Crippen molar-refractivity contribution in [2.75, 3.05) is 0 Å². The molecule has 0 saturated heterocycles. The molecule has 96 valence electrons. The van der Waals surface area contributed by atoms with Crippen molar-refractivity contribution in [3.63, 3.8) is 0 Å². The van der Waals surface area contributed by atoms with Gasteiger partial charge in [0, 0.05) is 18.3 Å². The number of rotatable bonds is 3. The average molecular weight is 319 g/mol. The summed E-state index contributed by atoms with van der Waals surface area (Å²) in [5.74, 6) is 0.909. The van der Waals surface area contributed by atoms with E-state index in [1.807, 2.05) is 48.1 Å². The van der Waals surface area contributed by atoms with Crippen LogP contribution in [0.2, 0.25) is 0 Å². The summed E-state index contributed by atoms with van der Waals surface area (Å²) in [6.45, 7) is 2.81. The topological polar surface area (TPSA) is 56.7 Å². The molecule has 0 amide bonds. The van der Waals surface area contributed by atoms with Gasteiger partial charge in [-0.05, 0) is 35.0 Å². The zero-order chi connectivity index (χ0) is 13.2. The van der Waals surface area contributed by atoms with E-state index in [1.54, 1.807) is 0 Å². The zero-order valence-corrected chi connectivity index (χ0v) is 11.8. The standard InChI is InChI=1S/C13H11BrN4O/c1-2-18-8-10(14)11(17-18)13-16-15-12(19-13)9-6-4-3-5-7-9/h3-8H,2H2,1H3. The lowest BCUT2D eigenvalue weighted by atomic mass is 10.2. The Labute approximate surface area is 118 Å². The molecule has 0 aliphatic rings. The van der Waals surface area contributed by atoms with Crippen molar-refractivity contribution in [3.8, 4) is 23.0 Å². The fourth-order valence-electron chi connectivity index (χ4n) is 1.72. The maximum absolute atomic E-state index is 5.67. The van der Waals surface area contributed by atoms with Crippen LogP contribution in [0.4, 0.5) is 0 Å². The summed E-state index contributed by atoms with van der Waals surface area (Å²) >= 11 is 3.45. The Morgan fingerprint density at radius 1 is 1.16 bits per heavy atom. The molecule has 19 heavy (non-hydrogen) atoms. The summed E-state index contributed by atoms with van der Waals surface area (Å²) < 4.78 is 8.32.